The molecule has 0 radical (unpaired) electrons. The van der Waals surface area contributed by atoms with E-state index in [9.17, 15) is 4.79 Å². The van der Waals surface area contributed by atoms with Crippen LogP contribution in [0, 0.1) is 11.8 Å². The van der Waals surface area contributed by atoms with E-state index in [1.807, 2.05) is 6.92 Å². The fourth-order valence-corrected chi connectivity index (χ4v) is 2.30. The summed E-state index contributed by atoms with van der Waals surface area (Å²) in [4.78, 5) is 11.6. The number of carbonyl (C=O) groups is 1. The third kappa shape index (κ3) is 4.89. The first-order valence-electron chi connectivity index (χ1n) is 5.69. The van der Waals surface area contributed by atoms with E-state index in [2.05, 4.69) is 24.5 Å². The molecule has 0 saturated carbocycles. The van der Waals surface area contributed by atoms with E-state index in [4.69, 9.17) is 0 Å². The van der Waals surface area contributed by atoms with Gasteiger partial charge < -0.3 is 10.6 Å². The van der Waals surface area contributed by atoms with Gasteiger partial charge in [-0.1, -0.05) is 13.8 Å². The lowest BCUT2D eigenvalue weighted by Gasteiger charge is -2.27. The van der Waals surface area contributed by atoms with Crippen molar-refractivity contribution in [3.63, 3.8) is 0 Å². The van der Waals surface area contributed by atoms with Crippen molar-refractivity contribution in [3.05, 3.63) is 0 Å². The van der Waals surface area contributed by atoms with Crippen molar-refractivity contribution in [1.29, 1.82) is 0 Å². The average molecular weight is 230 g/mol. The van der Waals surface area contributed by atoms with Crippen molar-refractivity contribution in [2.24, 2.45) is 11.8 Å². The Bertz CT molecular complexity index is 205. The fourth-order valence-electron chi connectivity index (χ4n) is 1.27. The maximum Gasteiger partial charge on any atom is 0.232 e. The largest absolute Gasteiger partial charge is 0.355 e. The summed E-state index contributed by atoms with van der Waals surface area (Å²) in [6.45, 7) is 9.23. The van der Waals surface area contributed by atoms with Crippen LogP contribution >= 0.6 is 11.8 Å². The normalized spacial score (nSPS) is 18.7. The summed E-state index contributed by atoms with van der Waals surface area (Å²) in [5, 5.41) is 6.29. The van der Waals surface area contributed by atoms with Gasteiger partial charge in [0, 0.05) is 6.54 Å². The average Bonchev–Trinajstić information content (AvgIpc) is 2.11. The highest BCUT2D eigenvalue weighted by molar-refractivity contribution is 8.00. The monoisotopic (exact) mass is 230 g/mol. The van der Waals surface area contributed by atoms with Crippen LogP contribution in [-0.2, 0) is 4.79 Å². The highest BCUT2D eigenvalue weighted by atomic mass is 32.2. The van der Waals surface area contributed by atoms with Crippen molar-refractivity contribution in [2.75, 3.05) is 25.4 Å². The zero-order chi connectivity index (χ0) is 11.3. The molecule has 1 atom stereocenters. The number of nitrogens with one attached hydrogen (secondary N) is 2. The van der Waals surface area contributed by atoms with E-state index in [-0.39, 0.29) is 11.2 Å². The van der Waals surface area contributed by atoms with Gasteiger partial charge in [-0.25, -0.2) is 0 Å². The van der Waals surface area contributed by atoms with Gasteiger partial charge in [0.15, 0.2) is 0 Å². The molecule has 0 aliphatic carbocycles. The molecule has 2 N–H and O–H groups in total. The number of amides is 1. The number of rotatable bonds is 6. The molecule has 1 aliphatic rings. The molecule has 0 aromatic rings. The molecule has 1 aliphatic heterocycles. The van der Waals surface area contributed by atoms with Crippen LogP contribution in [-0.4, -0.2) is 36.5 Å². The Hall–Kier alpha value is -0.220. The summed E-state index contributed by atoms with van der Waals surface area (Å²) < 4.78 is 0. The van der Waals surface area contributed by atoms with Gasteiger partial charge in [-0.3, -0.25) is 4.79 Å². The van der Waals surface area contributed by atoms with Gasteiger partial charge in [0.25, 0.3) is 0 Å². The predicted octanol–water partition coefficient (Wildman–Crippen LogP) is 1.10. The van der Waals surface area contributed by atoms with Crippen LogP contribution in [0.4, 0.5) is 0 Å². The zero-order valence-electron chi connectivity index (χ0n) is 9.88. The Balaban J connectivity index is 2.08. The first-order valence-corrected chi connectivity index (χ1v) is 6.74. The Morgan fingerprint density at radius 3 is 2.60 bits per heavy atom. The standard InChI is InChI=1S/C11H22N2OS/c1-8(2)4-13-11(14)9(3)15-7-10-5-12-6-10/h8-10,12H,4-7H2,1-3H3,(H,13,14). The second-order valence-electron chi connectivity index (χ2n) is 4.64. The Labute approximate surface area is 96.8 Å². The summed E-state index contributed by atoms with van der Waals surface area (Å²) in [7, 11) is 0. The lowest BCUT2D eigenvalue weighted by atomic mass is 10.1. The maximum atomic E-state index is 11.6. The summed E-state index contributed by atoms with van der Waals surface area (Å²) in [5.41, 5.74) is 0. The summed E-state index contributed by atoms with van der Waals surface area (Å²) in [5.74, 6) is 2.59. The van der Waals surface area contributed by atoms with Gasteiger partial charge in [-0.15, -0.1) is 11.8 Å². The van der Waals surface area contributed by atoms with E-state index in [1.165, 1.54) is 0 Å². The van der Waals surface area contributed by atoms with Crippen LogP contribution in [0.5, 0.6) is 0 Å². The third-order valence-corrected chi connectivity index (χ3v) is 3.88. The van der Waals surface area contributed by atoms with E-state index in [1.54, 1.807) is 11.8 Å². The molecule has 0 bridgehead atoms. The SMILES string of the molecule is CC(C)CNC(=O)C(C)SCC1CNC1. The predicted molar refractivity (Wildman–Crippen MR) is 66.1 cm³/mol. The molecule has 1 fully saturated rings. The first-order chi connectivity index (χ1) is 7.09. The minimum atomic E-state index is 0.0874. The Kier molecular flexibility index (Phi) is 5.47. The maximum absolute atomic E-state index is 11.6. The molecule has 15 heavy (non-hydrogen) atoms. The second kappa shape index (κ2) is 6.38. The van der Waals surface area contributed by atoms with Crippen LogP contribution in [0.1, 0.15) is 20.8 Å². The van der Waals surface area contributed by atoms with E-state index < -0.39 is 0 Å². The highest BCUT2D eigenvalue weighted by Gasteiger charge is 2.20. The van der Waals surface area contributed by atoms with Crippen molar-refractivity contribution in [2.45, 2.75) is 26.0 Å². The summed E-state index contributed by atoms with van der Waals surface area (Å²) >= 11 is 1.77. The molecule has 3 nitrogen and oxygen atoms in total. The van der Waals surface area contributed by atoms with Gasteiger partial charge >= 0.3 is 0 Å². The molecule has 1 amide bonds. The minimum absolute atomic E-state index is 0.0874. The number of thioether (sulfide) groups is 1. The van der Waals surface area contributed by atoms with Crippen LogP contribution in [0.2, 0.25) is 0 Å². The van der Waals surface area contributed by atoms with Crippen LogP contribution in [0.25, 0.3) is 0 Å². The molecule has 0 aromatic heterocycles. The van der Waals surface area contributed by atoms with E-state index in [0.29, 0.717) is 5.92 Å². The Morgan fingerprint density at radius 2 is 2.13 bits per heavy atom. The van der Waals surface area contributed by atoms with Gasteiger partial charge in [0.05, 0.1) is 5.25 Å². The lowest BCUT2D eigenvalue weighted by Crippen LogP contribution is -2.44. The molecule has 1 rings (SSSR count). The molecule has 1 unspecified atom stereocenters. The van der Waals surface area contributed by atoms with Crippen molar-refractivity contribution >= 4 is 17.7 Å². The lowest BCUT2D eigenvalue weighted by molar-refractivity contribution is -0.120. The van der Waals surface area contributed by atoms with Crippen molar-refractivity contribution in [3.8, 4) is 0 Å². The van der Waals surface area contributed by atoms with E-state index in [0.717, 1.165) is 31.3 Å². The van der Waals surface area contributed by atoms with Gasteiger partial charge in [0.2, 0.25) is 5.91 Å². The topological polar surface area (TPSA) is 41.1 Å². The van der Waals surface area contributed by atoms with Crippen LogP contribution < -0.4 is 10.6 Å². The quantitative estimate of drug-likeness (QED) is 0.718. The molecule has 0 spiro atoms. The summed E-state index contributed by atoms with van der Waals surface area (Å²) in [6.07, 6.45) is 0. The summed E-state index contributed by atoms with van der Waals surface area (Å²) in [6, 6.07) is 0. The fraction of sp³-hybridized carbons (Fsp3) is 0.909. The first kappa shape index (κ1) is 12.8. The number of carbonyl (C=O) groups excluding carboxylic acids is 1. The molecule has 1 saturated heterocycles. The Morgan fingerprint density at radius 1 is 1.47 bits per heavy atom. The molecule has 4 heteroatoms. The third-order valence-electron chi connectivity index (χ3n) is 2.50. The minimum Gasteiger partial charge on any atom is -0.355 e. The molecule has 88 valence electrons. The second-order valence-corrected chi connectivity index (χ2v) is 6.01. The van der Waals surface area contributed by atoms with Crippen LogP contribution in [0.3, 0.4) is 0 Å². The zero-order valence-corrected chi connectivity index (χ0v) is 10.7. The highest BCUT2D eigenvalue weighted by Crippen LogP contribution is 2.17. The number of hydrogen-bond acceptors (Lipinski definition) is 3. The van der Waals surface area contributed by atoms with Crippen molar-refractivity contribution in [1.82, 2.24) is 10.6 Å². The molecular formula is C11H22N2OS. The van der Waals surface area contributed by atoms with E-state index >= 15 is 0 Å². The molecule has 1 heterocycles. The molecular weight excluding hydrogens is 208 g/mol. The van der Waals surface area contributed by atoms with Gasteiger partial charge in [-0.2, -0.15) is 0 Å². The van der Waals surface area contributed by atoms with Gasteiger partial charge in [0.1, 0.15) is 0 Å². The smallest absolute Gasteiger partial charge is 0.232 e. The van der Waals surface area contributed by atoms with Crippen molar-refractivity contribution < 1.29 is 4.79 Å². The van der Waals surface area contributed by atoms with Crippen LogP contribution in [0.15, 0.2) is 0 Å². The molecule has 0 aromatic carbocycles. The number of hydrogen-bond donors (Lipinski definition) is 2. The van der Waals surface area contributed by atoms with Gasteiger partial charge in [-0.05, 0) is 37.6 Å².